The number of carbonyl (C=O) groups is 1. The maximum Gasteiger partial charge on any atom is 0.222 e. The summed E-state index contributed by atoms with van der Waals surface area (Å²) in [5.74, 6) is 0.278. The maximum absolute atomic E-state index is 12.8. The third kappa shape index (κ3) is 4.77. The number of nitrogens with zero attached hydrogens (tertiary/aromatic N) is 3. The first kappa shape index (κ1) is 21.5. The molecule has 30 heavy (non-hydrogen) atoms. The van der Waals surface area contributed by atoms with Gasteiger partial charge in [-0.3, -0.25) is 9.69 Å². The van der Waals surface area contributed by atoms with Crippen molar-refractivity contribution < 1.29 is 4.79 Å². The average Bonchev–Trinajstić information content (AvgIpc) is 2.79. The van der Waals surface area contributed by atoms with E-state index >= 15 is 0 Å². The van der Waals surface area contributed by atoms with E-state index in [2.05, 4.69) is 41.0 Å². The van der Waals surface area contributed by atoms with Crippen LogP contribution in [0.4, 0.5) is 5.69 Å². The SMILES string of the molecule is CC(CCC(=O)N1CCc2ccccc2C1)N1CCN(c2cccc(Cl)c2Cl)CC1. The van der Waals surface area contributed by atoms with Crippen LogP contribution < -0.4 is 4.90 Å². The number of anilines is 1. The molecule has 1 unspecified atom stereocenters. The Morgan fingerprint density at radius 1 is 0.967 bits per heavy atom. The Labute approximate surface area is 189 Å². The van der Waals surface area contributed by atoms with Crippen molar-refractivity contribution in [3.05, 3.63) is 63.6 Å². The van der Waals surface area contributed by atoms with Gasteiger partial charge in [0, 0.05) is 51.7 Å². The number of benzene rings is 2. The van der Waals surface area contributed by atoms with E-state index in [1.807, 2.05) is 23.1 Å². The molecule has 0 bridgehead atoms. The zero-order valence-corrected chi connectivity index (χ0v) is 19.0. The number of fused-ring (bicyclic) bond motifs is 1. The van der Waals surface area contributed by atoms with Crippen LogP contribution in [0.25, 0.3) is 0 Å². The van der Waals surface area contributed by atoms with Gasteiger partial charge in [-0.15, -0.1) is 0 Å². The first-order valence-corrected chi connectivity index (χ1v) is 11.6. The summed E-state index contributed by atoms with van der Waals surface area (Å²) in [5.41, 5.74) is 3.69. The highest BCUT2D eigenvalue weighted by molar-refractivity contribution is 6.43. The predicted octanol–water partition coefficient (Wildman–Crippen LogP) is 4.87. The van der Waals surface area contributed by atoms with Crippen molar-refractivity contribution in [2.45, 2.75) is 38.8 Å². The summed E-state index contributed by atoms with van der Waals surface area (Å²) in [6.07, 6.45) is 2.48. The molecule has 4 nitrogen and oxygen atoms in total. The van der Waals surface area contributed by atoms with Crippen molar-refractivity contribution in [1.82, 2.24) is 9.80 Å². The molecule has 6 heteroatoms. The van der Waals surface area contributed by atoms with E-state index in [1.54, 1.807) is 0 Å². The first-order chi connectivity index (χ1) is 14.5. The Hall–Kier alpha value is -1.75. The lowest BCUT2D eigenvalue weighted by Crippen LogP contribution is -2.50. The Balaban J connectivity index is 1.25. The molecule has 1 saturated heterocycles. The monoisotopic (exact) mass is 445 g/mol. The fraction of sp³-hybridized carbons (Fsp3) is 0.458. The van der Waals surface area contributed by atoms with Crippen molar-refractivity contribution in [2.24, 2.45) is 0 Å². The minimum absolute atomic E-state index is 0.278. The quantitative estimate of drug-likeness (QED) is 0.656. The molecule has 1 atom stereocenters. The fourth-order valence-corrected chi connectivity index (χ4v) is 4.94. The number of halogens is 2. The number of amides is 1. The molecule has 2 aromatic carbocycles. The Morgan fingerprint density at radius 3 is 2.47 bits per heavy atom. The van der Waals surface area contributed by atoms with Crippen molar-refractivity contribution >= 4 is 34.8 Å². The third-order valence-corrected chi connectivity index (χ3v) is 7.28. The van der Waals surface area contributed by atoms with Gasteiger partial charge in [-0.2, -0.15) is 0 Å². The van der Waals surface area contributed by atoms with Gasteiger partial charge in [0.05, 0.1) is 15.7 Å². The third-order valence-electron chi connectivity index (χ3n) is 6.47. The second-order valence-electron chi connectivity index (χ2n) is 8.32. The van der Waals surface area contributed by atoms with Crippen LogP contribution in [0.15, 0.2) is 42.5 Å². The second-order valence-corrected chi connectivity index (χ2v) is 9.10. The van der Waals surface area contributed by atoms with Crippen LogP contribution in [0, 0.1) is 0 Å². The van der Waals surface area contributed by atoms with Crippen LogP contribution in [-0.4, -0.2) is 54.5 Å². The molecule has 0 aliphatic carbocycles. The molecule has 0 spiro atoms. The molecule has 0 saturated carbocycles. The highest BCUT2D eigenvalue weighted by atomic mass is 35.5. The van der Waals surface area contributed by atoms with Crippen LogP contribution in [0.3, 0.4) is 0 Å². The van der Waals surface area contributed by atoms with Gasteiger partial charge in [0.25, 0.3) is 0 Å². The van der Waals surface area contributed by atoms with Crippen molar-refractivity contribution in [1.29, 1.82) is 0 Å². The van der Waals surface area contributed by atoms with Gasteiger partial charge < -0.3 is 9.80 Å². The summed E-state index contributed by atoms with van der Waals surface area (Å²) < 4.78 is 0. The molecule has 1 amide bonds. The van der Waals surface area contributed by atoms with E-state index in [4.69, 9.17) is 23.2 Å². The minimum Gasteiger partial charge on any atom is -0.368 e. The van der Waals surface area contributed by atoms with Gasteiger partial charge in [0.1, 0.15) is 0 Å². The number of hydrogen-bond acceptors (Lipinski definition) is 3. The summed E-state index contributed by atoms with van der Waals surface area (Å²) >= 11 is 12.6. The highest BCUT2D eigenvalue weighted by Gasteiger charge is 2.25. The minimum atomic E-state index is 0.278. The number of rotatable bonds is 5. The number of carbonyl (C=O) groups excluding carboxylic acids is 1. The topological polar surface area (TPSA) is 26.8 Å². The zero-order chi connectivity index (χ0) is 21.1. The lowest BCUT2D eigenvalue weighted by atomic mass is 9.99. The Kier molecular flexibility index (Phi) is 6.87. The van der Waals surface area contributed by atoms with E-state index in [0.717, 1.165) is 57.8 Å². The van der Waals surface area contributed by atoms with Gasteiger partial charge in [0.2, 0.25) is 5.91 Å². The van der Waals surface area contributed by atoms with Crippen LogP contribution in [-0.2, 0) is 17.8 Å². The zero-order valence-electron chi connectivity index (χ0n) is 17.5. The standard InChI is InChI=1S/C24H29Cl2N3O/c1-18(9-10-23(30)29-12-11-19-5-2-3-6-20(19)17-29)27-13-15-28(16-14-27)22-8-4-7-21(25)24(22)26/h2-8,18H,9-17H2,1H3. The smallest absolute Gasteiger partial charge is 0.222 e. The Morgan fingerprint density at radius 2 is 1.70 bits per heavy atom. The summed E-state index contributed by atoms with van der Waals surface area (Å²) in [6.45, 7) is 7.60. The van der Waals surface area contributed by atoms with Gasteiger partial charge >= 0.3 is 0 Å². The summed E-state index contributed by atoms with van der Waals surface area (Å²) in [5, 5.41) is 1.23. The van der Waals surface area contributed by atoms with E-state index in [1.165, 1.54) is 11.1 Å². The first-order valence-electron chi connectivity index (χ1n) is 10.8. The van der Waals surface area contributed by atoms with Crippen LogP contribution in [0.1, 0.15) is 30.9 Å². The molecule has 2 aliphatic heterocycles. The normalized spacial score (nSPS) is 18.2. The molecule has 1 fully saturated rings. The molecule has 160 valence electrons. The molecule has 2 aliphatic rings. The van der Waals surface area contributed by atoms with Crippen molar-refractivity contribution in [3.8, 4) is 0 Å². The van der Waals surface area contributed by atoms with Crippen LogP contribution in [0.2, 0.25) is 10.0 Å². The molecular weight excluding hydrogens is 417 g/mol. The molecule has 4 rings (SSSR count). The van der Waals surface area contributed by atoms with Gasteiger partial charge in [-0.05, 0) is 43.0 Å². The van der Waals surface area contributed by atoms with Gasteiger partial charge in [0.15, 0.2) is 0 Å². The van der Waals surface area contributed by atoms with Crippen LogP contribution in [0.5, 0.6) is 0 Å². The average molecular weight is 446 g/mol. The van der Waals surface area contributed by atoms with E-state index in [9.17, 15) is 4.79 Å². The van der Waals surface area contributed by atoms with Gasteiger partial charge in [-0.1, -0.05) is 53.5 Å². The molecule has 2 heterocycles. The summed E-state index contributed by atoms with van der Waals surface area (Å²) in [4.78, 5) is 19.6. The maximum atomic E-state index is 12.8. The number of piperazine rings is 1. The van der Waals surface area contributed by atoms with Gasteiger partial charge in [-0.25, -0.2) is 0 Å². The molecule has 2 aromatic rings. The molecule has 0 aromatic heterocycles. The van der Waals surface area contributed by atoms with E-state index in [-0.39, 0.29) is 5.91 Å². The molecule has 0 N–H and O–H groups in total. The summed E-state index contributed by atoms with van der Waals surface area (Å²) in [6, 6.07) is 14.7. The van der Waals surface area contributed by atoms with Crippen molar-refractivity contribution in [3.63, 3.8) is 0 Å². The molecular formula is C24H29Cl2N3O. The lowest BCUT2D eigenvalue weighted by molar-refractivity contribution is -0.132. The largest absolute Gasteiger partial charge is 0.368 e. The summed E-state index contributed by atoms with van der Waals surface area (Å²) in [7, 11) is 0. The van der Waals surface area contributed by atoms with E-state index < -0.39 is 0 Å². The molecule has 0 radical (unpaired) electrons. The predicted molar refractivity (Wildman–Crippen MR) is 125 cm³/mol. The fourth-order valence-electron chi connectivity index (χ4n) is 4.52. The second kappa shape index (κ2) is 9.59. The van der Waals surface area contributed by atoms with E-state index in [0.29, 0.717) is 22.5 Å². The van der Waals surface area contributed by atoms with Crippen LogP contribution >= 0.6 is 23.2 Å². The van der Waals surface area contributed by atoms with Crippen molar-refractivity contribution in [2.75, 3.05) is 37.6 Å². The highest BCUT2D eigenvalue weighted by Crippen LogP contribution is 2.33. The number of hydrogen-bond donors (Lipinski definition) is 0. The lowest BCUT2D eigenvalue weighted by Gasteiger charge is -2.39. The Bertz CT molecular complexity index is 896.